The van der Waals surface area contributed by atoms with Crippen molar-refractivity contribution in [3.63, 3.8) is 0 Å². The van der Waals surface area contributed by atoms with Crippen LogP contribution in [0.3, 0.4) is 0 Å². The van der Waals surface area contributed by atoms with Gasteiger partial charge in [-0.05, 0) is 0 Å². The van der Waals surface area contributed by atoms with E-state index in [0.717, 1.165) is 0 Å². The molecule has 2 aromatic carbocycles. The first-order chi connectivity index (χ1) is 13.1. The quantitative estimate of drug-likeness (QED) is 0.407. The van der Waals surface area contributed by atoms with E-state index < -0.39 is 23.9 Å². The summed E-state index contributed by atoms with van der Waals surface area (Å²) < 4.78 is 7.03. The zero-order valence-corrected chi connectivity index (χ0v) is 22.5. The Morgan fingerprint density at radius 1 is 0.679 bits per heavy atom. The van der Waals surface area contributed by atoms with Gasteiger partial charge in [0.15, 0.2) is 0 Å². The number of benzene rings is 2. The van der Waals surface area contributed by atoms with Gasteiger partial charge < -0.3 is 0 Å². The molecule has 2 heteroatoms. The Hall–Kier alpha value is -0.980. The van der Waals surface area contributed by atoms with Gasteiger partial charge in [0.2, 0.25) is 0 Å². The molecule has 2 atom stereocenters. The summed E-state index contributed by atoms with van der Waals surface area (Å²) in [5.74, 6) is -0.920. The maximum absolute atomic E-state index is 3.31. The zero-order valence-electron chi connectivity index (χ0n) is 18.9. The fraction of sp³-hybridized carbons (Fsp3) is 0.385. The van der Waals surface area contributed by atoms with E-state index in [9.17, 15) is 0 Å². The molecule has 0 fully saturated rings. The van der Waals surface area contributed by atoms with Crippen LogP contribution in [0.25, 0.3) is 12.2 Å². The number of hydrogen-bond acceptors (Lipinski definition) is 0. The number of aryl methyl sites for hydroxylation is 2. The van der Waals surface area contributed by atoms with Crippen molar-refractivity contribution in [1.82, 2.24) is 0 Å². The van der Waals surface area contributed by atoms with Crippen molar-refractivity contribution in [2.24, 2.45) is 0 Å². The molecule has 0 bridgehead atoms. The van der Waals surface area contributed by atoms with Gasteiger partial charge in [0.05, 0.1) is 0 Å². The Morgan fingerprint density at radius 2 is 1.07 bits per heavy atom. The molecule has 2 aromatic rings. The Bertz CT molecular complexity index is 961. The SMILES string of the molecule is CC1=Cc2c(C)cccc2[CH]1[Zr]([CH3])([CH3])([CH]1C(C)=Cc2c(C)cccc21)[SiH](C)C. The van der Waals surface area contributed by atoms with Crippen LogP contribution in [-0.4, -0.2) is 5.92 Å². The molecule has 0 saturated carbocycles. The predicted molar refractivity (Wildman–Crippen MR) is 126 cm³/mol. The van der Waals surface area contributed by atoms with Gasteiger partial charge in [-0.15, -0.1) is 0 Å². The van der Waals surface area contributed by atoms with Gasteiger partial charge in [-0.2, -0.15) is 0 Å². The van der Waals surface area contributed by atoms with Crippen LogP contribution in [0.1, 0.15) is 54.5 Å². The van der Waals surface area contributed by atoms with E-state index in [-0.39, 0.29) is 0 Å². The van der Waals surface area contributed by atoms with Crippen LogP contribution < -0.4 is 0 Å². The molecule has 0 aromatic heterocycles. The van der Waals surface area contributed by atoms with E-state index >= 15 is 0 Å². The molecule has 0 amide bonds. The molecule has 0 nitrogen and oxygen atoms in total. The van der Waals surface area contributed by atoms with E-state index in [0.29, 0.717) is 7.25 Å². The third-order valence-corrected chi connectivity index (χ3v) is 55.8. The standard InChI is InChI=1S/2C11H11.C2H7Si.2CH3.Zr/c2*1-8-6-10-5-3-4-9(2)11(10)7-8;1-3-2;;;/h2*3-7H,1-2H3;3H,1-2H3;2*1H3;. The third kappa shape index (κ3) is 2.56. The van der Waals surface area contributed by atoms with Crippen LogP contribution >= 0.6 is 0 Å². The van der Waals surface area contributed by atoms with Crippen LogP contribution in [0.4, 0.5) is 0 Å². The summed E-state index contributed by atoms with van der Waals surface area (Å²) in [4.78, 5) is 0. The molecule has 28 heavy (non-hydrogen) atoms. The monoisotopic (exact) mass is 465 g/mol. The van der Waals surface area contributed by atoms with Crippen molar-refractivity contribution in [1.29, 1.82) is 0 Å². The van der Waals surface area contributed by atoms with Gasteiger partial charge in [0.25, 0.3) is 0 Å². The van der Waals surface area contributed by atoms with Gasteiger partial charge in [-0.3, -0.25) is 0 Å². The molecule has 0 saturated heterocycles. The van der Waals surface area contributed by atoms with Crippen molar-refractivity contribution in [2.45, 2.75) is 57.3 Å². The minimum absolute atomic E-state index is 0.683. The van der Waals surface area contributed by atoms with Gasteiger partial charge in [0.1, 0.15) is 0 Å². The summed E-state index contributed by atoms with van der Waals surface area (Å²) in [6.07, 6.45) is 5.05. The average molecular weight is 467 g/mol. The maximum atomic E-state index is 2.83. The molecule has 2 unspecified atom stereocenters. The van der Waals surface area contributed by atoms with Crippen molar-refractivity contribution >= 4 is 18.1 Å². The fourth-order valence-electron chi connectivity index (χ4n) is 6.67. The number of allylic oxidation sites excluding steroid dienone is 2. The van der Waals surface area contributed by atoms with Crippen LogP contribution in [0.2, 0.25) is 22.4 Å². The van der Waals surface area contributed by atoms with Gasteiger partial charge in [-0.1, -0.05) is 0 Å². The van der Waals surface area contributed by atoms with Crippen LogP contribution in [0.15, 0.2) is 47.5 Å². The second kappa shape index (κ2) is 6.51. The van der Waals surface area contributed by atoms with Crippen LogP contribution in [-0.2, 0) is 17.9 Å². The van der Waals surface area contributed by atoms with Gasteiger partial charge in [0, 0.05) is 0 Å². The van der Waals surface area contributed by atoms with E-state index in [1.54, 1.807) is 22.3 Å². The van der Waals surface area contributed by atoms with E-state index in [2.05, 4.69) is 98.6 Å². The average Bonchev–Trinajstić information content (AvgIpc) is 3.14. The Kier molecular flexibility index (Phi) is 4.72. The number of fused-ring (bicyclic) bond motifs is 2. The summed E-state index contributed by atoms with van der Waals surface area (Å²) in [6.45, 7) is 14.7. The van der Waals surface area contributed by atoms with E-state index in [1.165, 1.54) is 22.3 Å². The normalized spacial score (nSPS) is 22.4. The van der Waals surface area contributed by atoms with Crippen molar-refractivity contribution < 1.29 is 17.9 Å². The molecular formula is C26H35SiZr. The van der Waals surface area contributed by atoms with E-state index in [4.69, 9.17) is 0 Å². The fourth-order valence-corrected chi connectivity index (χ4v) is 37.4. The van der Waals surface area contributed by atoms with E-state index in [1.807, 2.05) is 0 Å². The molecule has 2 aliphatic carbocycles. The molecule has 147 valence electrons. The molecular weight excluding hydrogens is 432 g/mol. The summed E-state index contributed by atoms with van der Waals surface area (Å²) in [7, 11) is 0. The zero-order chi connectivity index (χ0) is 20.5. The second-order valence-electron chi connectivity index (χ2n) is 10.7. The Balaban J connectivity index is 2.01. The first-order valence-electron chi connectivity index (χ1n) is 10.8. The summed E-state index contributed by atoms with van der Waals surface area (Å²) in [5, 5.41) is 0. The Labute approximate surface area is 173 Å². The topological polar surface area (TPSA) is 0 Å². The number of rotatable bonds is 3. The van der Waals surface area contributed by atoms with Gasteiger partial charge in [-0.25, -0.2) is 0 Å². The first kappa shape index (κ1) is 20.3. The number of hydrogen-bond donors (Lipinski definition) is 0. The predicted octanol–water partition coefficient (Wildman–Crippen LogP) is 7.69. The molecule has 0 N–H and O–H groups in total. The molecule has 0 aliphatic heterocycles. The van der Waals surface area contributed by atoms with Crippen molar-refractivity contribution in [3.8, 4) is 0 Å². The molecule has 2 aliphatic rings. The van der Waals surface area contributed by atoms with Crippen molar-refractivity contribution in [3.05, 3.63) is 80.9 Å². The summed E-state index contributed by atoms with van der Waals surface area (Å²) >= 11 is -3.31. The Morgan fingerprint density at radius 3 is 1.43 bits per heavy atom. The van der Waals surface area contributed by atoms with Crippen LogP contribution in [0.5, 0.6) is 0 Å². The van der Waals surface area contributed by atoms with Crippen LogP contribution in [0, 0.1) is 13.8 Å². The molecule has 0 spiro atoms. The molecule has 0 heterocycles. The molecule has 0 radical (unpaired) electrons. The first-order valence-corrected chi connectivity index (χ1v) is 25.7. The van der Waals surface area contributed by atoms with Crippen molar-refractivity contribution in [2.75, 3.05) is 0 Å². The molecule has 4 rings (SSSR count). The third-order valence-electron chi connectivity index (χ3n) is 8.64. The summed E-state index contributed by atoms with van der Waals surface area (Å²) in [6, 6.07) is 14.0. The second-order valence-corrected chi connectivity index (χ2v) is 48.6. The summed E-state index contributed by atoms with van der Waals surface area (Å²) in [5.41, 5.74) is 12.5. The van der Waals surface area contributed by atoms with Gasteiger partial charge >= 0.3 is 174 Å². The minimum atomic E-state index is -3.31.